The fourth-order valence-corrected chi connectivity index (χ4v) is 2.62. The van der Waals surface area contributed by atoms with Gasteiger partial charge in [-0.3, -0.25) is 4.79 Å². The Balaban J connectivity index is 2.22. The first-order valence-electron chi connectivity index (χ1n) is 5.98. The summed E-state index contributed by atoms with van der Waals surface area (Å²) < 4.78 is 35.4. The lowest BCUT2D eigenvalue weighted by molar-refractivity contribution is 0.102. The predicted octanol–water partition coefficient (Wildman–Crippen LogP) is 2.03. The third-order valence-electron chi connectivity index (χ3n) is 2.85. The number of hydrogen-bond acceptors (Lipinski definition) is 3. The van der Waals surface area contributed by atoms with Crippen LogP contribution in [0.15, 0.2) is 47.4 Å². The maximum absolute atomic E-state index is 12.8. The first kappa shape index (κ1) is 15.1. The fourth-order valence-electron chi connectivity index (χ4n) is 1.85. The van der Waals surface area contributed by atoms with Crippen molar-refractivity contribution >= 4 is 21.6 Å². The molecule has 0 spiro atoms. The Morgan fingerprint density at radius 3 is 2.29 bits per heavy atom. The number of halogens is 1. The molecule has 0 fully saturated rings. The van der Waals surface area contributed by atoms with Gasteiger partial charge in [0.2, 0.25) is 10.0 Å². The standard InChI is InChI=1S/C14H13FN2O3S/c1-9-8-12(6-7-13(9)21(16,19)20)17-14(18)10-2-4-11(15)5-3-10/h2-8H,1H3,(H,17,18)(H2,16,19,20). The van der Waals surface area contributed by atoms with Gasteiger partial charge in [-0.1, -0.05) is 0 Å². The summed E-state index contributed by atoms with van der Waals surface area (Å²) in [6, 6.07) is 9.35. The number of rotatable bonds is 3. The molecule has 0 saturated carbocycles. The van der Waals surface area contributed by atoms with Crippen LogP contribution in [0.4, 0.5) is 10.1 Å². The summed E-state index contributed by atoms with van der Waals surface area (Å²) in [4.78, 5) is 11.9. The molecule has 0 saturated heterocycles. The minimum Gasteiger partial charge on any atom is -0.322 e. The number of hydrogen-bond donors (Lipinski definition) is 2. The quantitative estimate of drug-likeness (QED) is 0.909. The average molecular weight is 308 g/mol. The van der Waals surface area contributed by atoms with E-state index in [1.54, 1.807) is 6.92 Å². The van der Waals surface area contributed by atoms with E-state index in [2.05, 4.69) is 5.32 Å². The molecular weight excluding hydrogens is 295 g/mol. The summed E-state index contributed by atoms with van der Waals surface area (Å²) in [5, 5.41) is 7.66. The number of primary sulfonamides is 1. The van der Waals surface area contributed by atoms with Gasteiger partial charge in [-0.25, -0.2) is 17.9 Å². The molecule has 0 radical (unpaired) electrons. The number of benzene rings is 2. The van der Waals surface area contributed by atoms with Gasteiger partial charge < -0.3 is 5.32 Å². The van der Waals surface area contributed by atoms with E-state index >= 15 is 0 Å². The number of amides is 1. The fraction of sp³-hybridized carbons (Fsp3) is 0.0714. The van der Waals surface area contributed by atoms with Crippen LogP contribution in [0.3, 0.4) is 0 Å². The molecule has 0 aromatic heterocycles. The zero-order valence-corrected chi connectivity index (χ0v) is 11.9. The average Bonchev–Trinajstić information content (AvgIpc) is 2.37. The van der Waals surface area contributed by atoms with Crippen molar-refractivity contribution in [2.75, 3.05) is 5.32 Å². The molecule has 0 aliphatic rings. The van der Waals surface area contributed by atoms with Crippen LogP contribution in [0.1, 0.15) is 15.9 Å². The molecule has 7 heteroatoms. The highest BCUT2D eigenvalue weighted by Crippen LogP contribution is 2.19. The van der Waals surface area contributed by atoms with Gasteiger partial charge in [-0.2, -0.15) is 0 Å². The first-order chi connectivity index (χ1) is 9.77. The number of carbonyl (C=O) groups is 1. The third-order valence-corrected chi connectivity index (χ3v) is 3.92. The molecule has 0 heterocycles. The van der Waals surface area contributed by atoms with E-state index in [0.29, 0.717) is 16.8 Å². The summed E-state index contributed by atoms with van der Waals surface area (Å²) in [5.41, 5.74) is 1.15. The Hall–Kier alpha value is -2.25. The predicted molar refractivity (Wildman–Crippen MR) is 76.9 cm³/mol. The van der Waals surface area contributed by atoms with E-state index in [1.807, 2.05) is 0 Å². The Morgan fingerprint density at radius 2 is 1.76 bits per heavy atom. The van der Waals surface area contributed by atoms with Crippen molar-refractivity contribution in [3.63, 3.8) is 0 Å². The summed E-state index contributed by atoms with van der Waals surface area (Å²) in [6.45, 7) is 1.58. The van der Waals surface area contributed by atoms with Crippen molar-refractivity contribution < 1.29 is 17.6 Å². The Bertz CT molecular complexity index is 786. The smallest absolute Gasteiger partial charge is 0.255 e. The molecule has 0 aliphatic carbocycles. The van der Waals surface area contributed by atoms with Gasteiger partial charge in [0.1, 0.15) is 5.82 Å². The number of aryl methyl sites for hydroxylation is 1. The van der Waals surface area contributed by atoms with E-state index in [1.165, 1.54) is 42.5 Å². The van der Waals surface area contributed by atoms with Gasteiger partial charge in [0, 0.05) is 11.3 Å². The summed E-state index contributed by atoms with van der Waals surface area (Å²) >= 11 is 0. The molecule has 0 aliphatic heterocycles. The topological polar surface area (TPSA) is 89.3 Å². The largest absolute Gasteiger partial charge is 0.322 e. The van der Waals surface area contributed by atoms with Crippen LogP contribution in [0.2, 0.25) is 0 Å². The molecule has 2 rings (SSSR count). The molecule has 110 valence electrons. The molecule has 21 heavy (non-hydrogen) atoms. The lowest BCUT2D eigenvalue weighted by Crippen LogP contribution is -2.15. The maximum atomic E-state index is 12.8. The van der Waals surface area contributed by atoms with E-state index in [-0.39, 0.29) is 4.90 Å². The first-order valence-corrected chi connectivity index (χ1v) is 7.52. The zero-order chi connectivity index (χ0) is 15.6. The summed E-state index contributed by atoms with van der Waals surface area (Å²) in [7, 11) is -3.79. The van der Waals surface area contributed by atoms with Crippen molar-refractivity contribution in [2.24, 2.45) is 5.14 Å². The number of nitrogens with one attached hydrogen (secondary N) is 1. The zero-order valence-electron chi connectivity index (χ0n) is 11.1. The van der Waals surface area contributed by atoms with Gasteiger partial charge in [-0.15, -0.1) is 0 Å². The van der Waals surface area contributed by atoms with Crippen LogP contribution in [0, 0.1) is 12.7 Å². The van der Waals surface area contributed by atoms with Crippen molar-refractivity contribution in [3.05, 3.63) is 59.4 Å². The van der Waals surface area contributed by atoms with Gasteiger partial charge in [-0.05, 0) is 55.0 Å². The molecular formula is C14H13FN2O3S. The summed E-state index contributed by atoms with van der Waals surface area (Å²) in [5.74, 6) is -0.849. The van der Waals surface area contributed by atoms with Crippen LogP contribution < -0.4 is 10.5 Å². The van der Waals surface area contributed by atoms with E-state index in [0.717, 1.165) is 0 Å². The molecule has 5 nitrogen and oxygen atoms in total. The van der Waals surface area contributed by atoms with Gasteiger partial charge >= 0.3 is 0 Å². The van der Waals surface area contributed by atoms with Crippen LogP contribution >= 0.6 is 0 Å². The molecule has 0 bridgehead atoms. The maximum Gasteiger partial charge on any atom is 0.255 e. The second-order valence-electron chi connectivity index (χ2n) is 4.49. The molecule has 0 atom stereocenters. The lowest BCUT2D eigenvalue weighted by Gasteiger charge is -2.08. The molecule has 1 amide bonds. The van der Waals surface area contributed by atoms with E-state index in [4.69, 9.17) is 5.14 Å². The van der Waals surface area contributed by atoms with Crippen LogP contribution in [0.5, 0.6) is 0 Å². The van der Waals surface area contributed by atoms with Gasteiger partial charge in [0.05, 0.1) is 4.90 Å². The molecule has 2 aromatic rings. The Labute approximate surface area is 121 Å². The number of carbonyl (C=O) groups excluding carboxylic acids is 1. The van der Waals surface area contributed by atoms with Crippen molar-refractivity contribution in [3.8, 4) is 0 Å². The van der Waals surface area contributed by atoms with Crippen LogP contribution in [0.25, 0.3) is 0 Å². The van der Waals surface area contributed by atoms with E-state index in [9.17, 15) is 17.6 Å². The van der Waals surface area contributed by atoms with Crippen LogP contribution in [-0.2, 0) is 10.0 Å². The summed E-state index contributed by atoms with van der Waals surface area (Å²) in [6.07, 6.45) is 0. The van der Waals surface area contributed by atoms with Gasteiger partial charge in [0.25, 0.3) is 5.91 Å². The number of sulfonamides is 1. The highest BCUT2D eigenvalue weighted by molar-refractivity contribution is 7.89. The van der Waals surface area contributed by atoms with Crippen molar-refractivity contribution in [1.29, 1.82) is 0 Å². The van der Waals surface area contributed by atoms with Crippen LogP contribution in [-0.4, -0.2) is 14.3 Å². The highest BCUT2D eigenvalue weighted by atomic mass is 32.2. The molecule has 3 N–H and O–H groups in total. The SMILES string of the molecule is Cc1cc(NC(=O)c2ccc(F)cc2)ccc1S(N)(=O)=O. The van der Waals surface area contributed by atoms with Gasteiger partial charge in [0.15, 0.2) is 0 Å². The minimum absolute atomic E-state index is 0.00211. The second-order valence-corrected chi connectivity index (χ2v) is 6.02. The number of nitrogens with two attached hydrogens (primary N) is 1. The monoisotopic (exact) mass is 308 g/mol. The minimum atomic E-state index is -3.79. The number of anilines is 1. The second kappa shape index (κ2) is 5.63. The molecule has 0 unspecified atom stereocenters. The van der Waals surface area contributed by atoms with Crippen molar-refractivity contribution in [2.45, 2.75) is 11.8 Å². The van der Waals surface area contributed by atoms with Crippen molar-refractivity contribution in [1.82, 2.24) is 0 Å². The van der Waals surface area contributed by atoms with E-state index < -0.39 is 21.7 Å². The molecule has 2 aromatic carbocycles. The Kier molecular flexibility index (Phi) is 4.06. The lowest BCUT2D eigenvalue weighted by atomic mass is 10.2. The normalized spacial score (nSPS) is 11.2. The Morgan fingerprint density at radius 1 is 1.14 bits per heavy atom. The highest BCUT2D eigenvalue weighted by Gasteiger charge is 2.13. The third kappa shape index (κ3) is 3.65.